The van der Waals surface area contributed by atoms with Gasteiger partial charge in [-0.05, 0) is 26.7 Å². The fraction of sp³-hybridized carbons (Fsp3) is 0.900. The van der Waals surface area contributed by atoms with Crippen molar-refractivity contribution in [2.75, 3.05) is 13.2 Å². The lowest BCUT2D eigenvalue weighted by molar-refractivity contribution is -0.0626. The molecule has 0 amide bonds. The minimum absolute atomic E-state index is 0.0352. The van der Waals surface area contributed by atoms with E-state index >= 15 is 0 Å². The molecule has 0 saturated carbocycles. The van der Waals surface area contributed by atoms with Crippen LogP contribution in [0, 0.1) is 0 Å². The summed E-state index contributed by atoms with van der Waals surface area (Å²) in [5, 5.41) is 14.7. The van der Waals surface area contributed by atoms with E-state index in [-0.39, 0.29) is 11.4 Å². The number of nitrogens with one attached hydrogen (secondary N) is 1. The third-order valence-electron chi connectivity index (χ3n) is 2.64. The maximum absolute atomic E-state index is 8.37. The standard InChI is InChI=1S/C10H21N3O2/c1-10(2)7-8(4-6-15-10)12-5-3-9(11)13-14/h8,12,14H,3-7H2,1-2H3,(H2,11,13). The van der Waals surface area contributed by atoms with Crippen molar-refractivity contribution >= 4 is 5.84 Å². The first-order valence-electron chi connectivity index (χ1n) is 5.37. The van der Waals surface area contributed by atoms with Gasteiger partial charge < -0.3 is 21.0 Å². The Kier molecular flexibility index (Phi) is 4.35. The summed E-state index contributed by atoms with van der Waals surface area (Å²) in [5.74, 6) is 0.272. The molecule has 0 aliphatic carbocycles. The van der Waals surface area contributed by atoms with Crippen LogP contribution in [0.25, 0.3) is 0 Å². The number of hydrogen-bond donors (Lipinski definition) is 3. The zero-order valence-electron chi connectivity index (χ0n) is 9.49. The average Bonchev–Trinajstić information content (AvgIpc) is 2.16. The second-order valence-electron chi connectivity index (χ2n) is 4.59. The van der Waals surface area contributed by atoms with Gasteiger partial charge in [0.1, 0.15) is 5.84 Å². The van der Waals surface area contributed by atoms with Gasteiger partial charge in [0, 0.05) is 25.6 Å². The molecule has 0 aromatic carbocycles. The quantitative estimate of drug-likeness (QED) is 0.279. The minimum atomic E-state index is -0.0352. The molecule has 0 radical (unpaired) electrons. The van der Waals surface area contributed by atoms with Crippen molar-refractivity contribution in [2.45, 2.75) is 44.8 Å². The van der Waals surface area contributed by atoms with Gasteiger partial charge in [0.05, 0.1) is 5.60 Å². The monoisotopic (exact) mass is 215 g/mol. The molecule has 1 fully saturated rings. The van der Waals surface area contributed by atoms with Crippen molar-refractivity contribution in [1.29, 1.82) is 0 Å². The molecule has 5 heteroatoms. The third kappa shape index (κ3) is 4.48. The predicted molar refractivity (Wildman–Crippen MR) is 59.1 cm³/mol. The molecule has 1 aliphatic rings. The molecule has 0 spiro atoms. The Morgan fingerprint density at radius 2 is 2.40 bits per heavy atom. The van der Waals surface area contributed by atoms with Gasteiger partial charge in [0.25, 0.3) is 0 Å². The van der Waals surface area contributed by atoms with E-state index in [9.17, 15) is 0 Å². The lowest BCUT2D eigenvalue weighted by Crippen LogP contribution is -2.44. The number of ether oxygens (including phenoxy) is 1. The molecule has 1 saturated heterocycles. The molecular formula is C10H21N3O2. The number of nitrogens with zero attached hydrogens (tertiary/aromatic N) is 1. The van der Waals surface area contributed by atoms with E-state index in [2.05, 4.69) is 24.3 Å². The van der Waals surface area contributed by atoms with Crippen molar-refractivity contribution in [1.82, 2.24) is 5.32 Å². The summed E-state index contributed by atoms with van der Waals surface area (Å²) in [5.41, 5.74) is 5.34. The first-order chi connectivity index (χ1) is 7.03. The second kappa shape index (κ2) is 5.32. The highest BCUT2D eigenvalue weighted by Crippen LogP contribution is 2.23. The number of hydrogen-bond acceptors (Lipinski definition) is 4. The van der Waals surface area contributed by atoms with Crippen molar-refractivity contribution < 1.29 is 9.94 Å². The van der Waals surface area contributed by atoms with Gasteiger partial charge in [0.15, 0.2) is 0 Å². The van der Waals surface area contributed by atoms with E-state index in [0.29, 0.717) is 12.5 Å². The van der Waals surface area contributed by atoms with Crippen LogP contribution in [0.3, 0.4) is 0 Å². The first-order valence-corrected chi connectivity index (χ1v) is 5.37. The molecular weight excluding hydrogens is 194 g/mol. The molecule has 0 aromatic rings. The molecule has 1 heterocycles. The van der Waals surface area contributed by atoms with E-state index in [1.807, 2.05) is 0 Å². The smallest absolute Gasteiger partial charge is 0.140 e. The Morgan fingerprint density at radius 3 is 3.00 bits per heavy atom. The SMILES string of the molecule is CC1(C)CC(NCCC(N)=NO)CCO1. The summed E-state index contributed by atoms with van der Waals surface area (Å²) in [6, 6.07) is 0.472. The van der Waals surface area contributed by atoms with E-state index in [4.69, 9.17) is 15.7 Å². The van der Waals surface area contributed by atoms with Gasteiger partial charge in [-0.2, -0.15) is 0 Å². The Hall–Kier alpha value is -0.810. The maximum atomic E-state index is 8.37. The first kappa shape index (κ1) is 12.3. The second-order valence-corrected chi connectivity index (χ2v) is 4.59. The van der Waals surface area contributed by atoms with Crippen LogP contribution >= 0.6 is 0 Å². The molecule has 0 aromatic heterocycles. The molecule has 1 aliphatic heterocycles. The van der Waals surface area contributed by atoms with Gasteiger partial charge in [-0.1, -0.05) is 5.16 Å². The molecule has 1 atom stereocenters. The Bertz CT molecular complexity index is 229. The van der Waals surface area contributed by atoms with Crippen molar-refractivity contribution in [3.05, 3.63) is 0 Å². The third-order valence-corrected chi connectivity index (χ3v) is 2.64. The topological polar surface area (TPSA) is 79.9 Å². The Labute approximate surface area is 90.7 Å². The fourth-order valence-electron chi connectivity index (χ4n) is 1.86. The fourth-order valence-corrected chi connectivity index (χ4v) is 1.86. The molecule has 0 bridgehead atoms. The molecule has 1 unspecified atom stereocenters. The van der Waals surface area contributed by atoms with Gasteiger partial charge >= 0.3 is 0 Å². The lowest BCUT2D eigenvalue weighted by Gasteiger charge is -2.35. The average molecular weight is 215 g/mol. The molecule has 15 heavy (non-hydrogen) atoms. The zero-order valence-corrected chi connectivity index (χ0v) is 9.49. The summed E-state index contributed by atoms with van der Waals surface area (Å²) >= 11 is 0. The molecule has 4 N–H and O–H groups in total. The summed E-state index contributed by atoms with van der Waals surface area (Å²) < 4.78 is 5.62. The zero-order chi connectivity index (χ0) is 11.3. The van der Waals surface area contributed by atoms with Crippen LogP contribution in [-0.4, -0.2) is 35.8 Å². The summed E-state index contributed by atoms with van der Waals surface area (Å²) in [7, 11) is 0. The van der Waals surface area contributed by atoms with Crippen molar-refractivity contribution in [3.63, 3.8) is 0 Å². The molecule has 88 valence electrons. The number of nitrogens with two attached hydrogens (primary N) is 1. The van der Waals surface area contributed by atoms with Crippen LogP contribution in [0.5, 0.6) is 0 Å². The minimum Gasteiger partial charge on any atom is -0.409 e. The van der Waals surface area contributed by atoms with Crippen molar-refractivity contribution in [3.8, 4) is 0 Å². The number of oxime groups is 1. The van der Waals surface area contributed by atoms with Gasteiger partial charge in [0.2, 0.25) is 0 Å². The molecule has 5 nitrogen and oxygen atoms in total. The largest absolute Gasteiger partial charge is 0.409 e. The van der Waals surface area contributed by atoms with Gasteiger partial charge in [-0.15, -0.1) is 0 Å². The summed E-state index contributed by atoms with van der Waals surface area (Å²) in [6.07, 6.45) is 2.61. The highest BCUT2D eigenvalue weighted by atomic mass is 16.5. The maximum Gasteiger partial charge on any atom is 0.140 e. The summed E-state index contributed by atoms with van der Waals surface area (Å²) in [4.78, 5) is 0. The lowest BCUT2D eigenvalue weighted by atomic mass is 9.94. The van der Waals surface area contributed by atoms with Crippen LogP contribution in [0.2, 0.25) is 0 Å². The Balaban J connectivity index is 2.21. The van der Waals surface area contributed by atoms with Crippen LogP contribution < -0.4 is 11.1 Å². The van der Waals surface area contributed by atoms with Crippen LogP contribution in [0.1, 0.15) is 33.1 Å². The van der Waals surface area contributed by atoms with E-state index in [1.165, 1.54) is 0 Å². The summed E-state index contributed by atoms with van der Waals surface area (Å²) in [6.45, 7) is 5.75. The van der Waals surface area contributed by atoms with Crippen LogP contribution in [-0.2, 0) is 4.74 Å². The predicted octanol–water partition coefficient (Wildman–Crippen LogP) is 0.670. The van der Waals surface area contributed by atoms with E-state index in [1.54, 1.807) is 0 Å². The van der Waals surface area contributed by atoms with Crippen molar-refractivity contribution in [2.24, 2.45) is 10.9 Å². The van der Waals surface area contributed by atoms with E-state index < -0.39 is 0 Å². The highest BCUT2D eigenvalue weighted by molar-refractivity contribution is 5.79. The number of rotatable bonds is 4. The highest BCUT2D eigenvalue weighted by Gasteiger charge is 2.28. The van der Waals surface area contributed by atoms with Crippen LogP contribution in [0.15, 0.2) is 5.16 Å². The van der Waals surface area contributed by atoms with Crippen LogP contribution in [0.4, 0.5) is 0 Å². The number of amidine groups is 1. The van der Waals surface area contributed by atoms with E-state index in [0.717, 1.165) is 26.0 Å². The van der Waals surface area contributed by atoms with Gasteiger partial charge in [-0.3, -0.25) is 0 Å². The Morgan fingerprint density at radius 1 is 1.67 bits per heavy atom. The normalized spacial score (nSPS) is 26.5. The molecule has 1 rings (SSSR count). The van der Waals surface area contributed by atoms with Gasteiger partial charge in [-0.25, -0.2) is 0 Å².